The third-order valence-electron chi connectivity index (χ3n) is 7.12. The number of carbonyl (C=O) groups excluding carboxylic acids is 1. The summed E-state index contributed by atoms with van der Waals surface area (Å²) in [5.74, 6) is -5.41. The van der Waals surface area contributed by atoms with Crippen LogP contribution in [0.1, 0.15) is 55.6 Å². The monoisotopic (exact) mass is 492 g/mol. The molecule has 0 spiro atoms. The number of nitrogens with zero attached hydrogens (tertiary/aromatic N) is 1. The van der Waals surface area contributed by atoms with Gasteiger partial charge < -0.3 is 15.3 Å². The Labute approximate surface area is 201 Å². The zero-order valence-corrected chi connectivity index (χ0v) is 19.2. The topological polar surface area (TPSA) is 69.6 Å². The first-order valence-corrected chi connectivity index (χ1v) is 11.9. The summed E-state index contributed by atoms with van der Waals surface area (Å²) in [6.45, 7) is 1.98. The molecule has 2 fully saturated rings. The van der Waals surface area contributed by atoms with Crippen LogP contribution in [0.2, 0.25) is 0 Å². The Morgan fingerprint density at radius 1 is 0.943 bits per heavy atom. The van der Waals surface area contributed by atoms with E-state index in [0.29, 0.717) is 31.4 Å². The van der Waals surface area contributed by atoms with Crippen molar-refractivity contribution in [2.45, 2.75) is 50.6 Å². The van der Waals surface area contributed by atoms with Gasteiger partial charge in [0.2, 0.25) is 5.91 Å². The van der Waals surface area contributed by atoms with E-state index in [1.54, 1.807) is 0 Å². The first kappa shape index (κ1) is 25.0. The summed E-state index contributed by atoms with van der Waals surface area (Å²) in [6, 6.07) is 9.66. The second-order valence-corrected chi connectivity index (χ2v) is 9.33. The maximum Gasteiger partial charge on any atom is 0.416 e. The fraction of sp³-hybridized carbons (Fsp3) is 0.462. The molecule has 5 nitrogen and oxygen atoms in total. The van der Waals surface area contributed by atoms with Crippen molar-refractivity contribution in [2.24, 2.45) is 11.8 Å². The molecule has 1 heterocycles. The van der Waals surface area contributed by atoms with Gasteiger partial charge in [0, 0.05) is 18.8 Å². The molecule has 2 aromatic carbocycles. The van der Waals surface area contributed by atoms with Gasteiger partial charge in [-0.15, -0.1) is 0 Å². The van der Waals surface area contributed by atoms with E-state index in [4.69, 9.17) is 0 Å². The van der Waals surface area contributed by atoms with Crippen molar-refractivity contribution >= 4 is 23.3 Å². The summed E-state index contributed by atoms with van der Waals surface area (Å²) in [5, 5.41) is 12.3. The Bertz CT molecular complexity index is 1070. The Hall–Kier alpha value is -3.10. The Kier molecular flexibility index (Phi) is 7.33. The lowest BCUT2D eigenvalue weighted by Crippen LogP contribution is -2.40. The number of alkyl halides is 3. The van der Waals surface area contributed by atoms with Gasteiger partial charge >= 0.3 is 12.1 Å². The molecule has 2 N–H and O–H groups in total. The van der Waals surface area contributed by atoms with Gasteiger partial charge in [0.15, 0.2) is 0 Å². The summed E-state index contributed by atoms with van der Waals surface area (Å²) >= 11 is 0. The molecule has 1 aliphatic heterocycles. The average Bonchev–Trinajstić information content (AvgIpc) is 2.84. The van der Waals surface area contributed by atoms with Gasteiger partial charge in [-0.1, -0.05) is 18.6 Å². The molecule has 0 radical (unpaired) electrons. The number of hydrogen-bond donors (Lipinski definition) is 2. The lowest BCUT2D eigenvalue weighted by molar-refractivity contribution is -0.148. The molecule has 9 heteroatoms. The first-order valence-electron chi connectivity index (χ1n) is 11.9. The molecule has 3 atom stereocenters. The highest BCUT2D eigenvalue weighted by molar-refractivity contribution is 5.95. The molecule has 1 amide bonds. The third kappa shape index (κ3) is 5.60. The van der Waals surface area contributed by atoms with E-state index in [1.807, 2.05) is 24.3 Å². The van der Waals surface area contributed by atoms with E-state index in [2.05, 4.69) is 10.2 Å². The van der Waals surface area contributed by atoms with Crippen LogP contribution in [0, 0.1) is 17.7 Å². The number of hydrogen-bond acceptors (Lipinski definition) is 3. The SMILES string of the molecule is O=C(Nc1ccc(C(F)(F)F)cc1F)C1CCC[C@H](c2ccc(N3CCCCC3)cc2)C1C(=O)O. The lowest BCUT2D eigenvalue weighted by atomic mass is 9.69. The summed E-state index contributed by atoms with van der Waals surface area (Å²) in [5.41, 5.74) is 0.349. The van der Waals surface area contributed by atoms with Crippen molar-refractivity contribution in [3.8, 4) is 0 Å². The van der Waals surface area contributed by atoms with Gasteiger partial charge in [0.1, 0.15) is 5.82 Å². The standard InChI is InChI=1S/C26H28F4N2O3/c27-21-15-17(26(28,29)30)9-12-22(21)31-24(33)20-6-4-5-19(23(20)25(34)35)16-7-10-18(11-8-16)32-13-2-1-3-14-32/h7-12,15,19-20,23H,1-6,13-14H2,(H,31,33)(H,34,35)/t19-,20?,23?/m1/s1. The van der Waals surface area contributed by atoms with Crippen LogP contribution >= 0.6 is 0 Å². The fourth-order valence-corrected chi connectivity index (χ4v) is 5.31. The molecule has 1 saturated carbocycles. The molecule has 1 aliphatic carbocycles. The highest BCUT2D eigenvalue weighted by Crippen LogP contribution is 2.43. The molecule has 2 unspecified atom stereocenters. The van der Waals surface area contributed by atoms with Gasteiger partial charge in [-0.2, -0.15) is 13.2 Å². The second kappa shape index (κ2) is 10.3. The number of carboxylic acids is 1. The van der Waals surface area contributed by atoms with Crippen LogP contribution in [0.25, 0.3) is 0 Å². The van der Waals surface area contributed by atoms with Crippen LogP contribution in [0.5, 0.6) is 0 Å². The number of carbonyl (C=O) groups is 2. The second-order valence-electron chi connectivity index (χ2n) is 9.33. The van der Waals surface area contributed by atoms with Crippen LogP contribution in [0.4, 0.5) is 28.9 Å². The maximum absolute atomic E-state index is 14.3. The van der Waals surface area contributed by atoms with Crippen LogP contribution in [0.3, 0.4) is 0 Å². The smallest absolute Gasteiger partial charge is 0.416 e. The Morgan fingerprint density at radius 3 is 2.23 bits per heavy atom. The van der Waals surface area contributed by atoms with E-state index < -0.39 is 52.9 Å². The summed E-state index contributed by atoms with van der Waals surface area (Å²) in [4.78, 5) is 27.5. The van der Waals surface area contributed by atoms with Crippen LogP contribution in [-0.4, -0.2) is 30.1 Å². The van der Waals surface area contributed by atoms with Crippen LogP contribution in [-0.2, 0) is 15.8 Å². The van der Waals surface area contributed by atoms with E-state index >= 15 is 0 Å². The zero-order valence-electron chi connectivity index (χ0n) is 19.2. The molecule has 188 valence electrons. The quantitative estimate of drug-likeness (QED) is 0.498. The van der Waals surface area contributed by atoms with Crippen molar-refractivity contribution in [2.75, 3.05) is 23.3 Å². The maximum atomic E-state index is 14.3. The minimum atomic E-state index is -4.71. The number of aliphatic carboxylic acids is 1. The first-order chi connectivity index (χ1) is 16.6. The van der Waals surface area contributed by atoms with Gasteiger partial charge in [0.05, 0.1) is 23.1 Å². The minimum Gasteiger partial charge on any atom is -0.481 e. The third-order valence-corrected chi connectivity index (χ3v) is 7.12. The van der Waals surface area contributed by atoms with E-state index in [1.165, 1.54) is 6.42 Å². The normalized spacial score (nSPS) is 23.1. The van der Waals surface area contributed by atoms with Gasteiger partial charge in [-0.25, -0.2) is 4.39 Å². The number of piperidine rings is 1. The molecule has 4 rings (SSSR count). The highest BCUT2D eigenvalue weighted by atomic mass is 19.4. The molecule has 2 aliphatic rings. The van der Waals surface area contributed by atoms with E-state index in [0.717, 1.165) is 43.2 Å². The molecular formula is C26H28F4N2O3. The van der Waals surface area contributed by atoms with Crippen LogP contribution < -0.4 is 10.2 Å². The van der Waals surface area contributed by atoms with E-state index in [9.17, 15) is 32.3 Å². The number of amides is 1. The van der Waals surface area contributed by atoms with Gasteiger partial charge in [-0.3, -0.25) is 9.59 Å². The number of carboxylic acid groups (broad SMARTS) is 1. The van der Waals surface area contributed by atoms with E-state index in [-0.39, 0.29) is 0 Å². The summed E-state index contributed by atoms with van der Waals surface area (Å²) in [6.07, 6.45) is 0.292. The Balaban J connectivity index is 1.51. The molecule has 35 heavy (non-hydrogen) atoms. The molecule has 0 bridgehead atoms. The summed E-state index contributed by atoms with van der Waals surface area (Å²) < 4.78 is 52.7. The molecule has 2 aromatic rings. The highest BCUT2D eigenvalue weighted by Gasteiger charge is 2.43. The predicted octanol–water partition coefficient (Wildman–Crippen LogP) is 6.06. The number of halogens is 4. The zero-order chi connectivity index (χ0) is 25.2. The molecule has 1 saturated heterocycles. The number of nitrogens with one attached hydrogen (secondary N) is 1. The number of rotatable bonds is 5. The number of benzene rings is 2. The fourth-order valence-electron chi connectivity index (χ4n) is 5.31. The van der Waals surface area contributed by atoms with Crippen molar-refractivity contribution in [3.05, 3.63) is 59.4 Å². The van der Waals surface area contributed by atoms with Crippen molar-refractivity contribution in [3.63, 3.8) is 0 Å². The largest absolute Gasteiger partial charge is 0.481 e. The van der Waals surface area contributed by atoms with Gasteiger partial charge in [0.25, 0.3) is 0 Å². The summed E-state index contributed by atoms with van der Waals surface area (Å²) in [7, 11) is 0. The average molecular weight is 493 g/mol. The van der Waals surface area contributed by atoms with Crippen molar-refractivity contribution < 1.29 is 32.3 Å². The van der Waals surface area contributed by atoms with Crippen molar-refractivity contribution in [1.82, 2.24) is 0 Å². The molecule has 0 aromatic heterocycles. The minimum absolute atomic E-state index is 0.299. The lowest BCUT2D eigenvalue weighted by Gasteiger charge is -2.35. The van der Waals surface area contributed by atoms with Gasteiger partial charge in [-0.05, 0) is 73.9 Å². The number of anilines is 2. The predicted molar refractivity (Wildman–Crippen MR) is 124 cm³/mol. The Morgan fingerprint density at radius 2 is 1.63 bits per heavy atom. The molecular weight excluding hydrogens is 464 g/mol. The van der Waals surface area contributed by atoms with Crippen molar-refractivity contribution in [1.29, 1.82) is 0 Å². The van der Waals surface area contributed by atoms with Crippen LogP contribution in [0.15, 0.2) is 42.5 Å².